The van der Waals surface area contributed by atoms with Gasteiger partial charge in [0.1, 0.15) is 19.8 Å². The number of phosphoric ester groups is 1. The molecule has 9 nitrogen and oxygen atoms in total. The van der Waals surface area contributed by atoms with E-state index in [1.807, 2.05) is 21.1 Å². The first-order valence-corrected chi connectivity index (χ1v) is 23.6. The standard InChI is InChI=1S/C44H84NO8P/c1-6-8-10-12-14-16-18-19-20-21-22-23-24-25-27-29-31-33-35-37-44(47)53-42(41-52-54(48,49)51-39-38-45(3,4)5)40-50-43(46)36-34-32-30-28-26-17-15-13-11-9-7-2/h14,16,19-20,42H,6-13,15,17-18,21-41H2,1-5H3/p+1/b16-14+,20-19+/t42-/m1/s1. The summed E-state index contributed by atoms with van der Waals surface area (Å²) in [5.41, 5.74) is 0. The minimum absolute atomic E-state index is 0.0326. The smallest absolute Gasteiger partial charge is 0.462 e. The highest BCUT2D eigenvalue weighted by atomic mass is 31.2. The highest BCUT2D eigenvalue weighted by Gasteiger charge is 2.27. The van der Waals surface area contributed by atoms with E-state index >= 15 is 0 Å². The number of likely N-dealkylation sites (N-methyl/N-ethyl adjacent to an activating group) is 1. The Bertz CT molecular complexity index is 980. The number of carbonyl (C=O) groups excluding carboxylic acids is 2. The summed E-state index contributed by atoms with van der Waals surface area (Å²) < 4.78 is 34.3. The first-order chi connectivity index (χ1) is 26.0. The van der Waals surface area contributed by atoms with Gasteiger partial charge < -0.3 is 18.9 Å². The zero-order valence-electron chi connectivity index (χ0n) is 35.7. The molecular weight excluding hydrogens is 701 g/mol. The molecule has 1 N–H and O–H groups in total. The van der Waals surface area contributed by atoms with Crippen molar-refractivity contribution in [2.45, 2.75) is 200 Å². The van der Waals surface area contributed by atoms with E-state index in [1.54, 1.807) is 0 Å². The predicted molar refractivity (Wildman–Crippen MR) is 224 cm³/mol. The van der Waals surface area contributed by atoms with Crippen LogP contribution in [0.4, 0.5) is 0 Å². The van der Waals surface area contributed by atoms with Crippen LogP contribution < -0.4 is 0 Å². The van der Waals surface area contributed by atoms with Crippen LogP contribution in [0.3, 0.4) is 0 Å². The summed E-state index contributed by atoms with van der Waals surface area (Å²) in [6.45, 7) is 4.39. The van der Waals surface area contributed by atoms with Crippen molar-refractivity contribution in [3.8, 4) is 0 Å². The lowest BCUT2D eigenvalue weighted by Gasteiger charge is -2.24. The van der Waals surface area contributed by atoms with Gasteiger partial charge in [-0.15, -0.1) is 0 Å². The van der Waals surface area contributed by atoms with Crippen molar-refractivity contribution >= 4 is 19.8 Å². The van der Waals surface area contributed by atoms with Crippen molar-refractivity contribution in [2.24, 2.45) is 0 Å². The van der Waals surface area contributed by atoms with Gasteiger partial charge in [-0.05, 0) is 44.9 Å². The molecule has 0 rings (SSSR count). The third-order valence-corrected chi connectivity index (χ3v) is 10.5. The topological polar surface area (TPSA) is 108 Å². The minimum atomic E-state index is -4.37. The van der Waals surface area contributed by atoms with Gasteiger partial charge in [0.2, 0.25) is 0 Å². The number of esters is 2. The zero-order valence-corrected chi connectivity index (χ0v) is 36.6. The van der Waals surface area contributed by atoms with Gasteiger partial charge in [0.05, 0.1) is 27.7 Å². The number of hydrogen-bond acceptors (Lipinski definition) is 7. The van der Waals surface area contributed by atoms with Crippen molar-refractivity contribution in [2.75, 3.05) is 47.5 Å². The molecule has 0 amide bonds. The van der Waals surface area contributed by atoms with Crippen LogP contribution in [-0.4, -0.2) is 74.9 Å². The van der Waals surface area contributed by atoms with Crippen molar-refractivity contribution in [3.63, 3.8) is 0 Å². The first-order valence-electron chi connectivity index (χ1n) is 22.1. The van der Waals surface area contributed by atoms with E-state index in [4.69, 9.17) is 18.5 Å². The summed E-state index contributed by atoms with van der Waals surface area (Å²) >= 11 is 0. The Morgan fingerprint density at radius 1 is 0.574 bits per heavy atom. The number of quaternary nitrogens is 1. The molecule has 0 saturated carbocycles. The number of allylic oxidation sites excluding steroid dienone is 4. The highest BCUT2D eigenvalue weighted by Crippen LogP contribution is 2.43. The number of phosphoric acid groups is 1. The van der Waals surface area contributed by atoms with E-state index in [-0.39, 0.29) is 25.6 Å². The van der Waals surface area contributed by atoms with Gasteiger partial charge in [-0.1, -0.05) is 160 Å². The number of unbranched alkanes of at least 4 members (excludes halogenated alkanes) is 22. The molecule has 0 aromatic carbocycles. The largest absolute Gasteiger partial charge is 0.472 e. The lowest BCUT2D eigenvalue weighted by molar-refractivity contribution is -0.870. The summed E-state index contributed by atoms with van der Waals surface area (Å²) in [5, 5.41) is 0. The molecule has 0 heterocycles. The monoisotopic (exact) mass is 787 g/mol. The summed E-state index contributed by atoms with van der Waals surface area (Å²) in [5.74, 6) is -0.799. The second kappa shape index (κ2) is 37.1. The Morgan fingerprint density at radius 2 is 1.00 bits per heavy atom. The summed E-state index contributed by atoms with van der Waals surface area (Å²) in [6.07, 6.45) is 39.3. The fraction of sp³-hybridized carbons (Fsp3) is 0.864. The van der Waals surface area contributed by atoms with Crippen molar-refractivity contribution in [1.82, 2.24) is 0 Å². The fourth-order valence-electron chi connectivity index (χ4n) is 5.99. The lowest BCUT2D eigenvalue weighted by atomic mass is 10.1. The maximum absolute atomic E-state index is 12.7. The molecule has 0 aliphatic heterocycles. The molecule has 0 aliphatic rings. The van der Waals surface area contributed by atoms with Gasteiger partial charge in [0.25, 0.3) is 0 Å². The van der Waals surface area contributed by atoms with Gasteiger partial charge in [-0.3, -0.25) is 18.6 Å². The van der Waals surface area contributed by atoms with Gasteiger partial charge in [-0.2, -0.15) is 0 Å². The van der Waals surface area contributed by atoms with E-state index in [9.17, 15) is 19.0 Å². The quantitative estimate of drug-likeness (QED) is 0.0215. The van der Waals surface area contributed by atoms with Gasteiger partial charge in [-0.25, -0.2) is 4.57 Å². The number of hydrogen-bond donors (Lipinski definition) is 1. The maximum atomic E-state index is 12.7. The lowest BCUT2D eigenvalue weighted by Crippen LogP contribution is -2.37. The molecule has 2 atom stereocenters. The van der Waals surface area contributed by atoms with Crippen molar-refractivity contribution in [3.05, 3.63) is 24.3 Å². The van der Waals surface area contributed by atoms with Gasteiger partial charge in [0.15, 0.2) is 6.10 Å². The number of nitrogens with zero attached hydrogens (tertiary/aromatic N) is 1. The molecule has 0 saturated heterocycles. The van der Waals surface area contributed by atoms with E-state index in [0.29, 0.717) is 23.9 Å². The molecule has 0 bridgehead atoms. The minimum Gasteiger partial charge on any atom is -0.462 e. The Balaban J connectivity index is 4.31. The van der Waals surface area contributed by atoms with Crippen LogP contribution in [0.15, 0.2) is 24.3 Å². The third kappa shape index (κ3) is 40.2. The molecule has 0 aromatic rings. The molecule has 318 valence electrons. The molecule has 0 fully saturated rings. The van der Waals surface area contributed by atoms with Crippen LogP contribution in [-0.2, 0) is 32.7 Å². The molecule has 0 radical (unpaired) electrons. The van der Waals surface area contributed by atoms with Crippen LogP contribution in [0.1, 0.15) is 194 Å². The Hall–Kier alpha value is -1.51. The average molecular weight is 787 g/mol. The van der Waals surface area contributed by atoms with Crippen LogP contribution in [0, 0.1) is 0 Å². The second-order valence-corrected chi connectivity index (χ2v) is 17.5. The van der Waals surface area contributed by atoms with E-state index in [2.05, 4.69) is 38.2 Å². The highest BCUT2D eigenvalue weighted by molar-refractivity contribution is 7.47. The van der Waals surface area contributed by atoms with E-state index < -0.39 is 26.5 Å². The third-order valence-electron chi connectivity index (χ3n) is 9.48. The maximum Gasteiger partial charge on any atom is 0.472 e. The molecule has 0 aromatic heterocycles. The molecule has 0 spiro atoms. The molecule has 1 unspecified atom stereocenters. The predicted octanol–water partition coefficient (Wildman–Crippen LogP) is 12.4. The Kier molecular flexibility index (Phi) is 36.1. The molecule has 10 heteroatoms. The Labute approximate surface area is 332 Å². The van der Waals surface area contributed by atoms with E-state index in [0.717, 1.165) is 44.9 Å². The van der Waals surface area contributed by atoms with Crippen molar-refractivity contribution in [1.29, 1.82) is 0 Å². The number of rotatable bonds is 40. The second-order valence-electron chi connectivity index (χ2n) is 16.1. The fourth-order valence-corrected chi connectivity index (χ4v) is 6.73. The van der Waals surface area contributed by atoms with E-state index in [1.165, 1.54) is 116 Å². The number of carbonyl (C=O) groups is 2. The van der Waals surface area contributed by atoms with Crippen LogP contribution >= 0.6 is 7.82 Å². The molecule has 0 aliphatic carbocycles. The molecular formula is C44H85NO8P+. The normalized spacial score (nSPS) is 13.8. The summed E-state index contributed by atoms with van der Waals surface area (Å²) in [7, 11) is 1.48. The van der Waals surface area contributed by atoms with Crippen LogP contribution in [0.2, 0.25) is 0 Å². The summed E-state index contributed by atoms with van der Waals surface area (Å²) in [4.78, 5) is 35.3. The molecule has 54 heavy (non-hydrogen) atoms. The van der Waals surface area contributed by atoms with Crippen LogP contribution in [0.5, 0.6) is 0 Å². The first kappa shape index (κ1) is 52.5. The zero-order chi connectivity index (χ0) is 40.0. The van der Waals surface area contributed by atoms with Crippen LogP contribution in [0.25, 0.3) is 0 Å². The SMILES string of the molecule is CCCCC/C=C/C/C=C/CCCCCCCCCCCC(=O)O[C@H](COC(=O)CCCCCCCCCCCCC)COP(=O)(O)OCC[N+](C)(C)C. The average Bonchev–Trinajstić information content (AvgIpc) is 3.12. The van der Waals surface area contributed by atoms with Gasteiger partial charge in [0, 0.05) is 12.8 Å². The Morgan fingerprint density at radius 3 is 1.50 bits per heavy atom. The number of ether oxygens (including phenoxy) is 2. The van der Waals surface area contributed by atoms with Crippen molar-refractivity contribution < 1.29 is 42.1 Å². The van der Waals surface area contributed by atoms with Gasteiger partial charge >= 0.3 is 19.8 Å². The summed E-state index contributed by atoms with van der Waals surface area (Å²) in [6, 6.07) is 0.